The standard InChI is InChI=1S/C39H34N2O2/c1-2-39(29-19-23-33(24-20-29)40(31-11-5-3-6-12-31)35-15-9-17-37(42)27-35)30-21-25-34(26-22-30)41(32-13-7-4-8-14-32)36-16-10-18-38(43)28-36/h3-28,39,42-43H,2H2,1H3. The Morgan fingerprint density at radius 2 is 0.767 bits per heavy atom. The van der Waals surface area contributed by atoms with Gasteiger partial charge in [0.15, 0.2) is 0 Å². The molecule has 0 aliphatic heterocycles. The highest BCUT2D eigenvalue weighted by atomic mass is 16.3. The summed E-state index contributed by atoms with van der Waals surface area (Å²) >= 11 is 0. The van der Waals surface area contributed by atoms with Crippen LogP contribution in [-0.2, 0) is 0 Å². The zero-order valence-corrected chi connectivity index (χ0v) is 24.1. The van der Waals surface area contributed by atoms with Crippen LogP contribution in [-0.4, -0.2) is 10.2 Å². The second-order valence-electron chi connectivity index (χ2n) is 10.5. The highest BCUT2D eigenvalue weighted by Gasteiger charge is 2.18. The second kappa shape index (κ2) is 12.6. The summed E-state index contributed by atoms with van der Waals surface area (Å²) in [7, 11) is 0. The molecule has 0 bridgehead atoms. The van der Waals surface area contributed by atoms with Crippen LogP contribution in [0.5, 0.6) is 11.5 Å². The summed E-state index contributed by atoms with van der Waals surface area (Å²) in [6, 6.07) is 52.5. The van der Waals surface area contributed by atoms with Crippen molar-refractivity contribution in [3.63, 3.8) is 0 Å². The van der Waals surface area contributed by atoms with Crippen LogP contribution in [0.4, 0.5) is 34.1 Å². The largest absolute Gasteiger partial charge is 0.508 e. The van der Waals surface area contributed by atoms with Gasteiger partial charge in [-0.25, -0.2) is 0 Å². The molecule has 0 saturated heterocycles. The zero-order chi connectivity index (χ0) is 29.6. The molecule has 0 aliphatic carbocycles. The van der Waals surface area contributed by atoms with E-state index in [1.807, 2.05) is 60.7 Å². The highest BCUT2D eigenvalue weighted by molar-refractivity contribution is 5.78. The van der Waals surface area contributed by atoms with E-state index in [1.165, 1.54) is 11.1 Å². The quantitative estimate of drug-likeness (QED) is 0.184. The minimum Gasteiger partial charge on any atom is -0.508 e. The third kappa shape index (κ3) is 6.09. The van der Waals surface area contributed by atoms with Crippen molar-refractivity contribution >= 4 is 34.1 Å². The molecule has 0 aromatic heterocycles. The molecule has 0 saturated carbocycles. The van der Waals surface area contributed by atoms with E-state index in [9.17, 15) is 10.2 Å². The fourth-order valence-corrected chi connectivity index (χ4v) is 5.69. The molecule has 212 valence electrons. The molecule has 0 atom stereocenters. The topological polar surface area (TPSA) is 46.9 Å². The average molecular weight is 563 g/mol. The number of rotatable bonds is 9. The Balaban J connectivity index is 1.31. The van der Waals surface area contributed by atoms with Crippen molar-refractivity contribution in [1.82, 2.24) is 0 Å². The molecule has 2 N–H and O–H groups in total. The van der Waals surface area contributed by atoms with Crippen LogP contribution < -0.4 is 9.80 Å². The molecule has 0 heterocycles. The van der Waals surface area contributed by atoms with Crippen molar-refractivity contribution in [3.05, 3.63) is 169 Å². The Labute approximate surface area is 253 Å². The Kier molecular flexibility index (Phi) is 8.10. The van der Waals surface area contributed by atoms with Gasteiger partial charge in [0.1, 0.15) is 11.5 Å². The van der Waals surface area contributed by atoms with E-state index in [0.717, 1.165) is 40.5 Å². The van der Waals surface area contributed by atoms with Crippen LogP contribution in [0.3, 0.4) is 0 Å². The van der Waals surface area contributed by atoms with Gasteiger partial charge in [0.25, 0.3) is 0 Å². The van der Waals surface area contributed by atoms with Gasteiger partial charge < -0.3 is 20.0 Å². The maximum absolute atomic E-state index is 10.2. The van der Waals surface area contributed by atoms with Gasteiger partial charge in [-0.2, -0.15) is 0 Å². The van der Waals surface area contributed by atoms with E-state index in [2.05, 4.69) is 89.5 Å². The molecule has 0 spiro atoms. The van der Waals surface area contributed by atoms with E-state index < -0.39 is 0 Å². The molecule has 0 fully saturated rings. The smallest absolute Gasteiger partial charge is 0.117 e. The number of aromatic hydroxyl groups is 2. The van der Waals surface area contributed by atoms with Crippen LogP contribution in [0.15, 0.2) is 158 Å². The summed E-state index contributed by atoms with van der Waals surface area (Å²) < 4.78 is 0. The second-order valence-corrected chi connectivity index (χ2v) is 10.5. The van der Waals surface area contributed by atoms with Crippen molar-refractivity contribution in [1.29, 1.82) is 0 Å². The third-order valence-corrected chi connectivity index (χ3v) is 7.72. The lowest BCUT2D eigenvalue weighted by Gasteiger charge is -2.27. The Bertz CT molecular complexity index is 1640. The first kappa shape index (κ1) is 27.7. The number of anilines is 6. The average Bonchev–Trinajstić information content (AvgIpc) is 3.04. The van der Waals surface area contributed by atoms with Gasteiger partial charge in [0.05, 0.1) is 0 Å². The minimum absolute atomic E-state index is 0.236. The SMILES string of the molecule is CCC(c1ccc(N(c2ccccc2)c2cccc(O)c2)cc1)c1ccc(N(c2ccccc2)c2cccc(O)c2)cc1. The minimum atomic E-state index is 0.236. The summed E-state index contributed by atoms with van der Waals surface area (Å²) in [6.07, 6.45) is 0.961. The summed E-state index contributed by atoms with van der Waals surface area (Å²) in [4.78, 5) is 4.30. The molecule has 0 unspecified atom stereocenters. The van der Waals surface area contributed by atoms with Gasteiger partial charge in [0, 0.05) is 52.2 Å². The van der Waals surface area contributed by atoms with Gasteiger partial charge in [-0.1, -0.05) is 79.7 Å². The number of hydrogen-bond acceptors (Lipinski definition) is 4. The molecule has 0 amide bonds. The van der Waals surface area contributed by atoms with Crippen LogP contribution in [0.1, 0.15) is 30.4 Å². The molecule has 6 aromatic rings. The number of hydrogen-bond donors (Lipinski definition) is 2. The molecule has 4 heteroatoms. The Morgan fingerprint density at radius 3 is 1.12 bits per heavy atom. The maximum Gasteiger partial charge on any atom is 0.117 e. The number of benzene rings is 6. The lowest BCUT2D eigenvalue weighted by atomic mass is 9.89. The molecule has 6 rings (SSSR count). The molecule has 6 aromatic carbocycles. The number of phenols is 2. The monoisotopic (exact) mass is 562 g/mol. The van der Waals surface area contributed by atoms with Crippen molar-refractivity contribution in [2.24, 2.45) is 0 Å². The van der Waals surface area contributed by atoms with Crippen molar-refractivity contribution in [2.75, 3.05) is 9.80 Å². The molecule has 0 aliphatic rings. The van der Waals surface area contributed by atoms with Crippen LogP contribution >= 0.6 is 0 Å². The van der Waals surface area contributed by atoms with Crippen LogP contribution in [0.25, 0.3) is 0 Å². The zero-order valence-electron chi connectivity index (χ0n) is 24.1. The normalized spacial score (nSPS) is 10.9. The van der Waals surface area contributed by atoms with Gasteiger partial charge >= 0.3 is 0 Å². The fraction of sp³-hybridized carbons (Fsp3) is 0.0769. The van der Waals surface area contributed by atoms with Crippen molar-refractivity contribution in [3.8, 4) is 11.5 Å². The van der Waals surface area contributed by atoms with Gasteiger partial charge in [-0.15, -0.1) is 0 Å². The van der Waals surface area contributed by atoms with Crippen LogP contribution in [0, 0.1) is 0 Å². The first-order valence-corrected chi connectivity index (χ1v) is 14.6. The van der Waals surface area contributed by atoms with Crippen molar-refractivity contribution in [2.45, 2.75) is 19.3 Å². The molecule has 43 heavy (non-hydrogen) atoms. The maximum atomic E-state index is 10.2. The van der Waals surface area contributed by atoms with E-state index in [-0.39, 0.29) is 17.4 Å². The molecule has 4 nitrogen and oxygen atoms in total. The molecular weight excluding hydrogens is 528 g/mol. The summed E-state index contributed by atoms with van der Waals surface area (Å²) in [5.41, 5.74) is 8.39. The van der Waals surface area contributed by atoms with E-state index in [0.29, 0.717) is 0 Å². The summed E-state index contributed by atoms with van der Waals surface area (Å²) in [5.74, 6) is 0.707. The first-order chi connectivity index (χ1) is 21.1. The number of para-hydroxylation sites is 2. The van der Waals surface area contributed by atoms with E-state index >= 15 is 0 Å². The third-order valence-electron chi connectivity index (χ3n) is 7.72. The summed E-state index contributed by atoms with van der Waals surface area (Å²) in [6.45, 7) is 2.22. The number of phenolic OH excluding ortho intramolecular Hbond substituents is 2. The highest BCUT2D eigenvalue weighted by Crippen LogP contribution is 2.39. The van der Waals surface area contributed by atoms with E-state index in [4.69, 9.17) is 0 Å². The van der Waals surface area contributed by atoms with Gasteiger partial charge in [-0.3, -0.25) is 0 Å². The fourth-order valence-electron chi connectivity index (χ4n) is 5.69. The molecule has 0 radical (unpaired) electrons. The van der Waals surface area contributed by atoms with Gasteiger partial charge in [-0.05, 0) is 90.3 Å². The lowest BCUT2D eigenvalue weighted by Crippen LogP contribution is -2.10. The number of nitrogens with zero attached hydrogens (tertiary/aromatic N) is 2. The predicted molar refractivity (Wildman–Crippen MR) is 178 cm³/mol. The van der Waals surface area contributed by atoms with Crippen molar-refractivity contribution < 1.29 is 10.2 Å². The first-order valence-electron chi connectivity index (χ1n) is 14.6. The van der Waals surface area contributed by atoms with Crippen LogP contribution in [0.2, 0.25) is 0 Å². The molecular formula is C39H34N2O2. The lowest BCUT2D eigenvalue weighted by molar-refractivity contribution is 0.475. The van der Waals surface area contributed by atoms with E-state index in [1.54, 1.807) is 24.3 Å². The Hall–Kier alpha value is -5.48. The Morgan fingerprint density at radius 1 is 0.419 bits per heavy atom. The predicted octanol–water partition coefficient (Wildman–Crippen LogP) is 10.6. The van der Waals surface area contributed by atoms with Gasteiger partial charge in [0.2, 0.25) is 0 Å². The summed E-state index contributed by atoms with van der Waals surface area (Å²) in [5, 5.41) is 20.4.